The number of carbonyl (C=O) groups excluding carboxylic acids is 1. The van der Waals surface area contributed by atoms with Gasteiger partial charge in [-0.05, 0) is 19.9 Å². The standard InChI is InChI=1S/C13H22N4O3S2/c1-13(2,14)9-16-12(18)11-7-10(8-15-11)22(19,20)17-3-5-21-6-4-17/h7-8,15H,3-6,9,14H2,1-2H3,(H,16,18). The molecule has 0 saturated carbocycles. The van der Waals surface area contributed by atoms with E-state index in [1.165, 1.54) is 16.6 Å². The van der Waals surface area contributed by atoms with E-state index in [0.29, 0.717) is 19.6 Å². The number of nitrogens with one attached hydrogen (secondary N) is 2. The van der Waals surface area contributed by atoms with E-state index in [2.05, 4.69) is 10.3 Å². The van der Waals surface area contributed by atoms with Gasteiger partial charge >= 0.3 is 0 Å². The van der Waals surface area contributed by atoms with Crippen molar-refractivity contribution in [1.82, 2.24) is 14.6 Å². The number of hydrogen-bond acceptors (Lipinski definition) is 5. The van der Waals surface area contributed by atoms with Gasteiger partial charge in [-0.3, -0.25) is 4.79 Å². The molecule has 0 spiro atoms. The molecule has 1 amide bonds. The first-order chi connectivity index (χ1) is 10.2. The van der Waals surface area contributed by atoms with Crippen LogP contribution in [0.15, 0.2) is 17.2 Å². The van der Waals surface area contributed by atoms with Gasteiger partial charge in [-0.2, -0.15) is 16.1 Å². The summed E-state index contributed by atoms with van der Waals surface area (Å²) in [5.41, 5.74) is 5.50. The molecule has 2 heterocycles. The predicted molar refractivity (Wildman–Crippen MR) is 87.5 cm³/mol. The van der Waals surface area contributed by atoms with E-state index in [0.717, 1.165) is 11.5 Å². The van der Waals surface area contributed by atoms with Crippen LogP contribution in [0.4, 0.5) is 0 Å². The largest absolute Gasteiger partial charge is 0.356 e. The second-order valence-corrected chi connectivity index (χ2v) is 9.10. The number of H-pyrrole nitrogens is 1. The maximum atomic E-state index is 12.5. The van der Waals surface area contributed by atoms with Gasteiger partial charge in [-0.1, -0.05) is 0 Å². The molecule has 1 aliphatic rings. The quantitative estimate of drug-likeness (QED) is 0.707. The average Bonchev–Trinajstić information content (AvgIpc) is 2.95. The molecule has 4 N–H and O–H groups in total. The second-order valence-electron chi connectivity index (χ2n) is 5.94. The Bertz CT molecular complexity index is 628. The van der Waals surface area contributed by atoms with E-state index in [-0.39, 0.29) is 16.5 Å². The van der Waals surface area contributed by atoms with Crippen LogP contribution in [0.1, 0.15) is 24.3 Å². The van der Waals surface area contributed by atoms with Crippen molar-refractivity contribution in [1.29, 1.82) is 0 Å². The van der Waals surface area contributed by atoms with Gasteiger partial charge in [0, 0.05) is 42.9 Å². The van der Waals surface area contributed by atoms with E-state index in [1.807, 2.05) is 0 Å². The Labute approximate surface area is 135 Å². The maximum Gasteiger partial charge on any atom is 0.267 e. The third-order valence-electron chi connectivity index (χ3n) is 3.21. The van der Waals surface area contributed by atoms with Gasteiger partial charge in [0.05, 0.1) is 0 Å². The summed E-state index contributed by atoms with van der Waals surface area (Å²) < 4.78 is 26.4. The van der Waals surface area contributed by atoms with Gasteiger partial charge < -0.3 is 16.0 Å². The van der Waals surface area contributed by atoms with Gasteiger partial charge in [0.1, 0.15) is 10.6 Å². The number of thioether (sulfide) groups is 1. The van der Waals surface area contributed by atoms with Crippen molar-refractivity contribution in [2.45, 2.75) is 24.3 Å². The summed E-state index contributed by atoms with van der Waals surface area (Å²) in [6, 6.07) is 1.37. The van der Waals surface area contributed by atoms with Gasteiger partial charge in [0.2, 0.25) is 10.0 Å². The van der Waals surface area contributed by atoms with E-state index in [4.69, 9.17) is 5.73 Å². The monoisotopic (exact) mass is 346 g/mol. The molecular formula is C13H22N4O3S2. The Morgan fingerprint density at radius 2 is 2.09 bits per heavy atom. The summed E-state index contributed by atoms with van der Waals surface area (Å²) in [4.78, 5) is 14.8. The molecule has 0 unspecified atom stereocenters. The highest BCUT2D eigenvalue weighted by molar-refractivity contribution is 7.99. The molecule has 0 atom stereocenters. The molecule has 22 heavy (non-hydrogen) atoms. The van der Waals surface area contributed by atoms with Crippen LogP contribution in [0.2, 0.25) is 0 Å². The maximum absolute atomic E-state index is 12.5. The lowest BCUT2D eigenvalue weighted by molar-refractivity contribution is 0.0941. The molecule has 1 aliphatic heterocycles. The number of nitrogens with two attached hydrogens (primary N) is 1. The number of hydrogen-bond donors (Lipinski definition) is 3. The summed E-state index contributed by atoms with van der Waals surface area (Å²) >= 11 is 1.74. The lowest BCUT2D eigenvalue weighted by atomic mass is 10.1. The fourth-order valence-electron chi connectivity index (χ4n) is 1.99. The first kappa shape index (κ1) is 17.3. The Balaban J connectivity index is 2.08. The predicted octanol–water partition coefficient (Wildman–Crippen LogP) is 0.219. The number of nitrogens with zero attached hydrogens (tertiary/aromatic N) is 1. The highest BCUT2D eigenvalue weighted by Gasteiger charge is 2.27. The zero-order valence-corrected chi connectivity index (χ0v) is 14.4. The Morgan fingerprint density at radius 3 is 2.68 bits per heavy atom. The number of aromatic nitrogens is 1. The topological polar surface area (TPSA) is 108 Å². The fourth-order valence-corrected chi connectivity index (χ4v) is 4.56. The third kappa shape index (κ3) is 4.25. The molecule has 0 bridgehead atoms. The second kappa shape index (κ2) is 6.61. The van der Waals surface area contributed by atoms with Crippen LogP contribution in [0.5, 0.6) is 0 Å². The Morgan fingerprint density at radius 1 is 1.45 bits per heavy atom. The van der Waals surface area contributed by atoms with Crippen molar-refractivity contribution in [3.05, 3.63) is 18.0 Å². The van der Waals surface area contributed by atoms with Crippen LogP contribution in [0.25, 0.3) is 0 Å². The average molecular weight is 346 g/mol. The SMILES string of the molecule is CC(C)(N)CNC(=O)c1cc(S(=O)(=O)N2CCSCC2)c[nH]1. The van der Waals surface area contributed by atoms with Gasteiger partial charge in [0.25, 0.3) is 5.91 Å². The molecule has 124 valence electrons. The number of amides is 1. The number of carbonyl (C=O) groups is 1. The number of sulfonamides is 1. The van der Waals surface area contributed by atoms with E-state index in [1.54, 1.807) is 25.6 Å². The van der Waals surface area contributed by atoms with Gasteiger partial charge in [-0.25, -0.2) is 8.42 Å². The molecule has 1 aromatic rings. The first-order valence-electron chi connectivity index (χ1n) is 7.03. The highest BCUT2D eigenvalue weighted by atomic mass is 32.2. The molecule has 0 radical (unpaired) electrons. The molecule has 0 aliphatic carbocycles. The first-order valence-corrected chi connectivity index (χ1v) is 9.63. The van der Waals surface area contributed by atoms with Crippen molar-refractivity contribution in [2.75, 3.05) is 31.1 Å². The Hall–Kier alpha value is -1.03. The Kier molecular flexibility index (Phi) is 5.21. The van der Waals surface area contributed by atoms with E-state index in [9.17, 15) is 13.2 Å². The van der Waals surface area contributed by atoms with Crippen LogP contribution in [0.3, 0.4) is 0 Å². The normalized spacial score (nSPS) is 17.4. The summed E-state index contributed by atoms with van der Waals surface area (Å²) in [7, 11) is -3.53. The van der Waals surface area contributed by atoms with E-state index >= 15 is 0 Å². The molecule has 0 aromatic carbocycles. The summed E-state index contributed by atoms with van der Waals surface area (Å²) in [6.45, 7) is 4.90. The van der Waals surface area contributed by atoms with Crippen LogP contribution in [-0.2, 0) is 10.0 Å². The lowest BCUT2D eigenvalue weighted by Crippen LogP contribution is -2.45. The smallest absolute Gasteiger partial charge is 0.267 e. The van der Waals surface area contributed by atoms with Crippen LogP contribution >= 0.6 is 11.8 Å². The van der Waals surface area contributed by atoms with Gasteiger partial charge in [0.15, 0.2) is 0 Å². The third-order valence-corrected chi connectivity index (χ3v) is 6.03. The molecule has 7 nitrogen and oxygen atoms in total. The number of aromatic amines is 1. The highest BCUT2D eigenvalue weighted by Crippen LogP contribution is 2.20. The van der Waals surface area contributed by atoms with E-state index < -0.39 is 15.6 Å². The number of rotatable bonds is 5. The minimum absolute atomic E-state index is 0.122. The van der Waals surface area contributed by atoms with Gasteiger partial charge in [-0.15, -0.1) is 0 Å². The van der Waals surface area contributed by atoms with Crippen molar-refractivity contribution >= 4 is 27.7 Å². The van der Waals surface area contributed by atoms with Crippen molar-refractivity contribution in [2.24, 2.45) is 5.73 Å². The van der Waals surface area contributed by atoms with Crippen LogP contribution < -0.4 is 11.1 Å². The zero-order chi connectivity index (χ0) is 16.4. The van der Waals surface area contributed by atoms with Crippen molar-refractivity contribution < 1.29 is 13.2 Å². The van der Waals surface area contributed by atoms with Crippen LogP contribution in [-0.4, -0.2) is 60.3 Å². The van der Waals surface area contributed by atoms with Crippen molar-refractivity contribution in [3.8, 4) is 0 Å². The lowest BCUT2D eigenvalue weighted by Gasteiger charge is -2.24. The molecule has 2 rings (SSSR count). The minimum Gasteiger partial charge on any atom is -0.356 e. The molecular weight excluding hydrogens is 324 g/mol. The molecule has 1 aromatic heterocycles. The molecule has 1 fully saturated rings. The fraction of sp³-hybridized carbons (Fsp3) is 0.615. The van der Waals surface area contributed by atoms with Crippen molar-refractivity contribution in [3.63, 3.8) is 0 Å². The summed E-state index contributed by atoms with van der Waals surface area (Å²) in [5, 5.41) is 2.68. The molecule has 1 saturated heterocycles. The summed E-state index contributed by atoms with van der Waals surface area (Å²) in [6.07, 6.45) is 1.36. The van der Waals surface area contributed by atoms with Crippen LogP contribution in [0, 0.1) is 0 Å². The minimum atomic E-state index is -3.53. The zero-order valence-electron chi connectivity index (χ0n) is 12.8. The molecule has 9 heteroatoms. The summed E-state index contributed by atoms with van der Waals surface area (Å²) in [5.74, 6) is 1.22.